The number of benzene rings is 1. The van der Waals surface area contributed by atoms with Crippen molar-refractivity contribution < 1.29 is 4.79 Å². The van der Waals surface area contributed by atoms with E-state index in [1.54, 1.807) is 0 Å². The molecule has 0 radical (unpaired) electrons. The maximum Gasteiger partial charge on any atom is 0.253 e. The third-order valence-electron chi connectivity index (χ3n) is 6.27. The van der Waals surface area contributed by atoms with Crippen LogP contribution >= 0.6 is 0 Å². The summed E-state index contributed by atoms with van der Waals surface area (Å²) in [6, 6.07) is 12.0. The highest BCUT2D eigenvalue weighted by Crippen LogP contribution is 2.25. The van der Waals surface area contributed by atoms with Crippen molar-refractivity contribution >= 4 is 28.8 Å². The maximum atomic E-state index is 13.0. The van der Waals surface area contributed by atoms with Crippen molar-refractivity contribution in [2.45, 2.75) is 52.0 Å². The molecule has 4 rings (SSSR count). The summed E-state index contributed by atoms with van der Waals surface area (Å²) in [7, 11) is 1.92. The number of carbonyl (C=O) groups excluding carboxylic acids is 1. The lowest BCUT2D eigenvalue weighted by Gasteiger charge is -2.28. The molecule has 0 atom stereocenters. The number of anilines is 2. The van der Waals surface area contributed by atoms with Crippen LogP contribution < -0.4 is 10.6 Å². The van der Waals surface area contributed by atoms with E-state index in [0.29, 0.717) is 11.5 Å². The number of aromatic nitrogens is 3. The van der Waals surface area contributed by atoms with Gasteiger partial charge >= 0.3 is 0 Å². The van der Waals surface area contributed by atoms with Gasteiger partial charge < -0.3 is 15.5 Å². The van der Waals surface area contributed by atoms with E-state index in [1.165, 1.54) is 5.57 Å². The molecule has 3 aromatic rings. The lowest BCUT2D eigenvalue weighted by atomic mass is 10.0. The number of nitrogens with zero attached hydrogens (tertiary/aromatic N) is 4. The molecule has 1 aromatic carbocycles. The number of rotatable bonds is 9. The van der Waals surface area contributed by atoms with Crippen LogP contribution in [0.5, 0.6) is 0 Å². The van der Waals surface area contributed by atoms with Crippen molar-refractivity contribution in [3.8, 4) is 0 Å². The molecule has 0 unspecified atom stereocenters. The Labute approximate surface area is 195 Å². The monoisotopic (exact) mass is 446 g/mol. The number of hydrogen-bond donors (Lipinski definition) is 2. The molecule has 1 amide bonds. The van der Waals surface area contributed by atoms with E-state index in [-0.39, 0.29) is 11.9 Å². The molecule has 1 aliphatic heterocycles. The van der Waals surface area contributed by atoms with Gasteiger partial charge in [0.25, 0.3) is 5.91 Å². The summed E-state index contributed by atoms with van der Waals surface area (Å²) in [5, 5.41) is 11.2. The fourth-order valence-corrected chi connectivity index (χ4v) is 4.47. The molecule has 33 heavy (non-hydrogen) atoms. The fraction of sp³-hybridized carbons (Fsp3) is 0.423. The second-order valence-corrected chi connectivity index (χ2v) is 8.66. The van der Waals surface area contributed by atoms with Crippen molar-refractivity contribution in [3.05, 3.63) is 59.8 Å². The first-order valence-corrected chi connectivity index (χ1v) is 12.0. The van der Waals surface area contributed by atoms with Crippen LogP contribution in [0.15, 0.2) is 48.7 Å². The van der Waals surface area contributed by atoms with Crippen LogP contribution in [0.25, 0.3) is 11.2 Å². The standard InChI is InChI=1S/C26H34N6O/c1-4-7-22(8-5-2)31(3)25(33)20-10-12-21(13-11-20)28-26-29-24-23(9-6-18-32(24)30-26)19-14-16-27-17-15-19/h6,9-14,18,22,27H,4-5,7-8,15-17H2,1-3H3,(H,28,30). The zero-order chi connectivity index (χ0) is 23.2. The van der Waals surface area contributed by atoms with Gasteiger partial charge in [-0.1, -0.05) is 32.8 Å². The van der Waals surface area contributed by atoms with Gasteiger partial charge in [-0.3, -0.25) is 4.79 Å². The van der Waals surface area contributed by atoms with Crippen LogP contribution in [0, 0.1) is 0 Å². The van der Waals surface area contributed by atoms with Crippen molar-refractivity contribution in [1.82, 2.24) is 24.8 Å². The van der Waals surface area contributed by atoms with Gasteiger partial charge in [-0.2, -0.15) is 4.98 Å². The average molecular weight is 447 g/mol. The van der Waals surface area contributed by atoms with Gasteiger partial charge in [-0.25, -0.2) is 4.52 Å². The van der Waals surface area contributed by atoms with Crippen molar-refractivity contribution in [2.75, 3.05) is 25.5 Å². The van der Waals surface area contributed by atoms with E-state index in [1.807, 2.05) is 53.0 Å². The highest BCUT2D eigenvalue weighted by Gasteiger charge is 2.20. The summed E-state index contributed by atoms with van der Waals surface area (Å²) in [6.45, 7) is 6.19. The number of hydrogen-bond acceptors (Lipinski definition) is 5. The second kappa shape index (κ2) is 10.6. The molecule has 0 fully saturated rings. The summed E-state index contributed by atoms with van der Waals surface area (Å²) >= 11 is 0. The number of fused-ring (bicyclic) bond motifs is 1. The molecule has 3 heterocycles. The van der Waals surface area contributed by atoms with Crippen molar-refractivity contribution in [2.24, 2.45) is 0 Å². The predicted octanol–water partition coefficient (Wildman–Crippen LogP) is 4.89. The summed E-state index contributed by atoms with van der Waals surface area (Å²) < 4.78 is 1.81. The Hall–Kier alpha value is -3.19. The highest BCUT2D eigenvalue weighted by atomic mass is 16.2. The van der Waals surface area contributed by atoms with Gasteiger partial charge in [0, 0.05) is 42.6 Å². The first-order valence-electron chi connectivity index (χ1n) is 12.0. The van der Waals surface area contributed by atoms with Crippen molar-refractivity contribution in [3.63, 3.8) is 0 Å². The normalized spacial score (nSPS) is 13.9. The van der Waals surface area contributed by atoms with Crippen LogP contribution in [0.2, 0.25) is 0 Å². The first kappa shape index (κ1) is 23.0. The van der Waals surface area contributed by atoms with E-state index in [0.717, 1.165) is 62.1 Å². The van der Waals surface area contributed by atoms with Gasteiger partial charge in [-0.05, 0) is 67.8 Å². The number of nitrogens with one attached hydrogen (secondary N) is 2. The van der Waals surface area contributed by atoms with E-state index in [9.17, 15) is 4.79 Å². The summed E-state index contributed by atoms with van der Waals surface area (Å²) in [5.41, 5.74) is 4.82. The molecule has 0 saturated carbocycles. The molecular formula is C26H34N6O. The van der Waals surface area contributed by atoms with Gasteiger partial charge in [0.05, 0.1) is 0 Å². The third-order valence-corrected chi connectivity index (χ3v) is 6.27. The van der Waals surface area contributed by atoms with Crippen LogP contribution in [0.4, 0.5) is 11.6 Å². The molecular weight excluding hydrogens is 412 g/mol. The third kappa shape index (κ3) is 5.25. The number of amides is 1. The topological polar surface area (TPSA) is 74.6 Å². The molecule has 2 aromatic heterocycles. The maximum absolute atomic E-state index is 13.0. The Morgan fingerprint density at radius 1 is 1.18 bits per heavy atom. The van der Waals surface area contributed by atoms with E-state index < -0.39 is 0 Å². The minimum atomic E-state index is 0.0687. The van der Waals surface area contributed by atoms with Gasteiger partial charge in [0.2, 0.25) is 5.95 Å². The minimum Gasteiger partial charge on any atom is -0.339 e. The van der Waals surface area contributed by atoms with Crippen LogP contribution in [-0.2, 0) is 0 Å². The molecule has 174 valence electrons. The van der Waals surface area contributed by atoms with Crippen LogP contribution in [0.1, 0.15) is 61.9 Å². The van der Waals surface area contributed by atoms with Gasteiger partial charge in [-0.15, -0.1) is 5.10 Å². The van der Waals surface area contributed by atoms with E-state index in [2.05, 4.69) is 41.7 Å². The quantitative estimate of drug-likeness (QED) is 0.489. The molecule has 2 N–H and O–H groups in total. The molecule has 0 saturated heterocycles. The SMILES string of the molecule is CCCC(CCC)N(C)C(=O)c1ccc(Nc2nc3c(C4=CCNCC4)cccn3n2)cc1. The number of carbonyl (C=O) groups is 1. The lowest BCUT2D eigenvalue weighted by molar-refractivity contribution is 0.0714. The van der Waals surface area contributed by atoms with Crippen LogP contribution in [-0.4, -0.2) is 51.6 Å². The lowest BCUT2D eigenvalue weighted by Crippen LogP contribution is -2.36. The molecule has 7 nitrogen and oxygen atoms in total. The van der Waals surface area contributed by atoms with Gasteiger partial charge in [0.1, 0.15) is 0 Å². The molecule has 0 bridgehead atoms. The molecule has 1 aliphatic rings. The zero-order valence-electron chi connectivity index (χ0n) is 19.8. The Morgan fingerprint density at radius 2 is 1.94 bits per heavy atom. The second-order valence-electron chi connectivity index (χ2n) is 8.66. The van der Waals surface area contributed by atoms with Crippen LogP contribution in [0.3, 0.4) is 0 Å². The number of pyridine rings is 1. The van der Waals surface area contributed by atoms with Crippen molar-refractivity contribution in [1.29, 1.82) is 0 Å². The van der Waals surface area contributed by atoms with Gasteiger partial charge in [0.15, 0.2) is 5.65 Å². The largest absolute Gasteiger partial charge is 0.339 e. The fourth-order valence-electron chi connectivity index (χ4n) is 4.47. The Kier molecular flexibility index (Phi) is 7.40. The predicted molar refractivity (Wildman–Crippen MR) is 134 cm³/mol. The highest BCUT2D eigenvalue weighted by molar-refractivity contribution is 5.94. The molecule has 7 heteroatoms. The minimum absolute atomic E-state index is 0.0687. The zero-order valence-corrected chi connectivity index (χ0v) is 19.8. The Bertz CT molecular complexity index is 1110. The smallest absolute Gasteiger partial charge is 0.253 e. The van der Waals surface area contributed by atoms with E-state index in [4.69, 9.17) is 4.98 Å². The summed E-state index contributed by atoms with van der Waals surface area (Å²) in [4.78, 5) is 19.6. The summed E-state index contributed by atoms with van der Waals surface area (Å²) in [5.74, 6) is 0.610. The summed E-state index contributed by atoms with van der Waals surface area (Å²) in [6.07, 6.45) is 9.34. The van der Waals surface area contributed by atoms with E-state index >= 15 is 0 Å². The molecule has 0 spiro atoms. The average Bonchev–Trinajstić information content (AvgIpc) is 3.26. The first-order chi connectivity index (χ1) is 16.1. The molecule has 0 aliphatic carbocycles. The Morgan fingerprint density at radius 3 is 2.61 bits per heavy atom. The Balaban J connectivity index is 1.49.